The molecule has 0 spiro atoms. The van der Waals surface area contributed by atoms with Gasteiger partial charge in [-0.2, -0.15) is 8.42 Å². The van der Waals surface area contributed by atoms with E-state index in [1.807, 2.05) is 0 Å². The second-order valence-corrected chi connectivity index (χ2v) is 7.59. The first-order valence-corrected chi connectivity index (χ1v) is 9.54. The maximum absolute atomic E-state index is 12.5. The van der Waals surface area contributed by atoms with Gasteiger partial charge < -0.3 is 0 Å². The lowest BCUT2D eigenvalue weighted by molar-refractivity contribution is -0.0149. The van der Waals surface area contributed by atoms with E-state index < -0.39 is 21.9 Å². The van der Waals surface area contributed by atoms with Crippen LogP contribution in [-0.4, -0.2) is 37.3 Å². The van der Waals surface area contributed by atoms with Crippen molar-refractivity contribution in [2.24, 2.45) is 0 Å². The molecule has 1 heterocycles. The third-order valence-electron chi connectivity index (χ3n) is 3.35. The second kappa shape index (κ2) is 5.94. The van der Waals surface area contributed by atoms with Crippen LogP contribution >= 0.6 is 11.8 Å². The van der Waals surface area contributed by atoms with Crippen molar-refractivity contribution in [3.8, 4) is 12.3 Å². The predicted octanol–water partition coefficient (Wildman–Crippen LogP) is 2.05. The molecule has 0 aromatic heterocycles. The number of benzene rings is 2. The number of imide groups is 1. The van der Waals surface area contributed by atoms with E-state index in [4.69, 9.17) is 6.42 Å². The van der Waals surface area contributed by atoms with Crippen molar-refractivity contribution in [3.05, 3.63) is 41.5 Å². The molecule has 0 aliphatic carbocycles. The Morgan fingerprint density at radius 2 is 1.83 bits per heavy atom. The Kier molecular flexibility index (Phi) is 4.09. The molecule has 1 aliphatic heterocycles. The number of amides is 2. The van der Waals surface area contributed by atoms with Gasteiger partial charge in [-0.1, -0.05) is 18.1 Å². The van der Waals surface area contributed by atoms with Crippen molar-refractivity contribution in [1.29, 1.82) is 0 Å². The summed E-state index contributed by atoms with van der Waals surface area (Å²) in [6.07, 6.45) is 6.05. The maximum atomic E-state index is 12.5. The second-order valence-electron chi connectivity index (χ2n) is 5.02. The van der Waals surface area contributed by atoms with Crippen LogP contribution in [0.4, 0.5) is 0 Å². The van der Waals surface area contributed by atoms with E-state index in [0.717, 1.165) is 11.2 Å². The fraction of sp³-hybridized carbons (Fsp3) is 0.125. The Balaban J connectivity index is 2.21. The van der Waals surface area contributed by atoms with Crippen LogP contribution in [0.3, 0.4) is 0 Å². The molecule has 0 atom stereocenters. The molecule has 2 aromatic rings. The van der Waals surface area contributed by atoms with E-state index in [9.17, 15) is 18.0 Å². The molecule has 0 N–H and O–H groups in total. The summed E-state index contributed by atoms with van der Waals surface area (Å²) in [5, 5.41) is 1.47. The van der Waals surface area contributed by atoms with E-state index in [0.29, 0.717) is 16.5 Å². The Morgan fingerprint density at radius 3 is 2.46 bits per heavy atom. The quantitative estimate of drug-likeness (QED) is 0.471. The summed E-state index contributed by atoms with van der Waals surface area (Å²) < 4.78 is 27.2. The summed E-state index contributed by atoms with van der Waals surface area (Å²) in [6, 6.07) is 8.23. The van der Waals surface area contributed by atoms with Gasteiger partial charge in [-0.15, -0.1) is 27.5 Å². The molecule has 3 rings (SSSR count). The fourth-order valence-electron chi connectivity index (χ4n) is 2.50. The first-order valence-electron chi connectivity index (χ1n) is 6.74. The zero-order valence-corrected chi connectivity index (χ0v) is 14.1. The molecule has 2 amide bonds. The number of rotatable bonds is 4. The van der Waals surface area contributed by atoms with Gasteiger partial charge >= 0.3 is 0 Å². The Hall–Kier alpha value is -2.34. The van der Waals surface area contributed by atoms with Crippen molar-refractivity contribution in [2.45, 2.75) is 4.90 Å². The van der Waals surface area contributed by atoms with Gasteiger partial charge in [-0.05, 0) is 23.6 Å². The molecule has 0 saturated carbocycles. The number of hydrogen-bond acceptors (Lipinski definition) is 6. The van der Waals surface area contributed by atoms with Crippen molar-refractivity contribution < 1.29 is 22.3 Å². The number of hydrogen-bond donors (Lipinski definition) is 0. The van der Waals surface area contributed by atoms with E-state index in [2.05, 4.69) is 10.2 Å². The van der Waals surface area contributed by atoms with Crippen LogP contribution in [0.2, 0.25) is 0 Å². The topological polar surface area (TPSA) is 80.8 Å². The number of carbonyl (C=O) groups is 2. The van der Waals surface area contributed by atoms with Gasteiger partial charge in [0.1, 0.15) is 0 Å². The third-order valence-corrected chi connectivity index (χ3v) is 4.75. The van der Waals surface area contributed by atoms with Crippen LogP contribution in [0, 0.1) is 12.3 Å². The molecule has 0 bridgehead atoms. The summed E-state index contributed by atoms with van der Waals surface area (Å²) in [5.41, 5.74) is 0.405. The fourth-order valence-corrected chi connectivity index (χ4v) is 3.63. The maximum Gasteiger partial charge on any atom is 0.286 e. The smallest absolute Gasteiger partial charge is 0.266 e. The zero-order valence-electron chi connectivity index (χ0n) is 12.5. The number of carbonyl (C=O) groups excluding carboxylic acids is 2. The van der Waals surface area contributed by atoms with Gasteiger partial charge in [0.25, 0.3) is 21.9 Å². The van der Waals surface area contributed by atoms with Gasteiger partial charge in [-0.25, -0.2) is 0 Å². The summed E-state index contributed by atoms with van der Waals surface area (Å²) >= 11 is 1.42. The van der Waals surface area contributed by atoms with Crippen molar-refractivity contribution in [3.63, 3.8) is 0 Å². The first kappa shape index (κ1) is 16.5. The van der Waals surface area contributed by atoms with Gasteiger partial charge in [0.15, 0.2) is 0 Å². The molecule has 122 valence electrons. The number of hydroxylamine groups is 2. The van der Waals surface area contributed by atoms with Crippen LogP contribution < -0.4 is 0 Å². The highest BCUT2D eigenvalue weighted by Gasteiger charge is 2.36. The third kappa shape index (κ3) is 2.78. The minimum absolute atomic E-state index is 0.203. The summed E-state index contributed by atoms with van der Waals surface area (Å²) in [4.78, 5) is 25.8. The van der Waals surface area contributed by atoms with Gasteiger partial charge in [0.05, 0.1) is 23.1 Å². The van der Waals surface area contributed by atoms with E-state index in [1.54, 1.807) is 18.2 Å². The van der Waals surface area contributed by atoms with Gasteiger partial charge in [0.2, 0.25) is 0 Å². The van der Waals surface area contributed by atoms with Crippen LogP contribution in [0.1, 0.15) is 20.7 Å². The Bertz CT molecular complexity index is 998. The molecule has 0 fully saturated rings. The number of nitrogens with zero attached hydrogens (tertiary/aromatic N) is 1. The molecule has 1 aliphatic rings. The van der Waals surface area contributed by atoms with Gasteiger partial charge in [0, 0.05) is 10.3 Å². The molecule has 8 heteroatoms. The van der Waals surface area contributed by atoms with Crippen molar-refractivity contribution >= 4 is 44.5 Å². The number of thioether (sulfide) groups is 1. The molecule has 24 heavy (non-hydrogen) atoms. The largest absolute Gasteiger partial charge is 0.286 e. The highest BCUT2D eigenvalue weighted by Crippen LogP contribution is 2.36. The molecule has 2 aromatic carbocycles. The normalized spacial score (nSPS) is 14.1. The van der Waals surface area contributed by atoms with E-state index >= 15 is 0 Å². The highest BCUT2D eigenvalue weighted by molar-refractivity contribution is 7.99. The standard InChI is InChI=1S/C16H11NO5S2/c1-3-9-23-13-8-7-12-14-10(13)5-4-6-11(14)15(18)17(16(12)19)22-24(2,20)21/h1,4-8H,9H2,2H3. The van der Waals surface area contributed by atoms with Crippen molar-refractivity contribution in [1.82, 2.24) is 5.06 Å². The van der Waals surface area contributed by atoms with E-state index in [1.165, 1.54) is 23.9 Å². The SMILES string of the molecule is C#CCSc1ccc2c3c(cccc13)C(=O)N(OS(C)(=O)=O)C2=O. The minimum atomic E-state index is -4.02. The minimum Gasteiger partial charge on any atom is -0.266 e. The molecular formula is C16H11NO5S2. The van der Waals surface area contributed by atoms with Crippen LogP contribution in [-0.2, 0) is 14.4 Å². The monoisotopic (exact) mass is 361 g/mol. The molecule has 0 unspecified atom stereocenters. The van der Waals surface area contributed by atoms with Crippen LogP contribution in [0.25, 0.3) is 10.8 Å². The lowest BCUT2D eigenvalue weighted by atomic mass is 9.95. The lowest BCUT2D eigenvalue weighted by Gasteiger charge is -2.25. The Labute approximate surface area is 142 Å². The zero-order chi connectivity index (χ0) is 17.5. The summed E-state index contributed by atoms with van der Waals surface area (Å²) in [5.74, 6) is 1.34. The van der Waals surface area contributed by atoms with Crippen LogP contribution in [0.5, 0.6) is 0 Å². The molecule has 0 saturated heterocycles. The highest BCUT2D eigenvalue weighted by atomic mass is 32.2. The lowest BCUT2D eigenvalue weighted by Crippen LogP contribution is -2.41. The molecular weight excluding hydrogens is 350 g/mol. The van der Waals surface area contributed by atoms with E-state index in [-0.39, 0.29) is 16.2 Å². The summed E-state index contributed by atoms with van der Waals surface area (Å²) in [7, 11) is -4.02. The first-order chi connectivity index (χ1) is 11.3. The summed E-state index contributed by atoms with van der Waals surface area (Å²) in [6.45, 7) is 0. The molecule has 6 nitrogen and oxygen atoms in total. The van der Waals surface area contributed by atoms with Crippen molar-refractivity contribution in [2.75, 3.05) is 12.0 Å². The Morgan fingerprint density at radius 1 is 1.17 bits per heavy atom. The predicted molar refractivity (Wildman–Crippen MR) is 89.9 cm³/mol. The molecule has 0 radical (unpaired) electrons. The van der Waals surface area contributed by atoms with Crippen LogP contribution in [0.15, 0.2) is 35.2 Å². The number of terminal acetylenes is 1. The average molecular weight is 361 g/mol. The average Bonchev–Trinajstić information content (AvgIpc) is 2.54. The van der Waals surface area contributed by atoms with Gasteiger partial charge in [-0.3, -0.25) is 9.59 Å².